The van der Waals surface area contributed by atoms with Crippen LogP contribution in [0.5, 0.6) is 0 Å². The van der Waals surface area contributed by atoms with Crippen LogP contribution in [0.1, 0.15) is 17.2 Å². The van der Waals surface area contributed by atoms with Crippen molar-refractivity contribution < 1.29 is 22.3 Å². The molecule has 2 N–H and O–H groups in total. The molecule has 2 atom stereocenters. The second kappa shape index (κ2) is 6.84. The van der Waals surface area contributed by atoms with E-state index in [1.807, 2.05) is 6.07 Å². The number of ether oxygens (including phenoxy) is 1. The number of hydrogen-bond acceptors (Lipinski definition) is 5. The highest BCUT2D eigenvalue weighted by Crippen LogP contribution is 2.33. The van der Waals surface area contributed by atoms with Gasteiger partial charge < -0.3 is 14.7 Å². The monoisotopic (exact) mass is 347 g/mol. The number of halogens is 1. The first-order valence-corrected chi connectivity index (χ1v) is 8.36. The SMILES string of the molecule is NC1=C(OS(=O)Cc2ccccc2)C(=O)C(c2ccccc2F)O1. The highest BCUT2D eigenvalue weighted by Gasteiger charge is 2.39. The van der Waals surface area contributed by atoms with Crippen molar-refractivity contribution >= 4 is 16.9 Å². The Bertz CT molecular complexity index is 822. The van der Waals surface area contributed by atoms with Crippen LogP contribution in [-0.2, 0) is 30.5 Å². The normalized spacial score (nSPS) is 18.4. The first-order chi connectivity index (χ1) is 11.6. The third-order valence-corrected chi connectivity index (χ3v) is 4.34. The first-order valence-electron chi connectivity index (χ1n) is 7.12. The summed E-state index contributed by atoms with van der Waals surface area (Å²) >= 11 is -1.81. The van der Waals surface area contributed by atoms with E-state index in [1.54, 1.807) is 30.3 Å². The molecule has 0 saturated heterocycles. The minimum Gasteiger partial charge on any atom is -0.460 e. The van der Waals surface area contributed by atoms with Crippen LogP contribution in [0.3, 0.4) is 0 Å². The van der Waals surface area contributed by atoms with Crippen molar-refractivity contribution in [2.45, 2.75) is 11.9 Å². The zero-order chi connectivity index (χ0) is 17.1. The molecule has 124 valence electrons. The predicted molar refractivity (Wildman–Crippen MR) is 85.8 cm³/mol. The molecule has 0 saturated carbocycles. The first kappa shape index (κ1) is 16.2. The Morgan fingerprint density at radius 3 is 2.50 bits per heavy atom. The van der Waals surface area contributed by atoms with E-state index in [0.29, 0.717) is 0 Å². The Labute approximate surface area is 140 Å². The van der Waals surface area contributed by atoms with Crippen molar-refractivity contribution in [1.29, 1.82) is 0 Å². The number of benzene rings is 2. The van der Waals surface area contributed by atoms with Gasteiger partial charge >= 0.3 is 0 Å². The molecule has 0 amide bonds. The fraction of sp³-hybridized carbons (Fsp3) is 0.118. The molecular formula is C17H14FNO4S. The van der Waals surface area contributed by atoms with E-state index in [2.05, 4.69) is 0 Å². The summed E-state index contributed by atoms with van der Waals surface area (Å²) in [6, 6.07) is 14.7. The molecule has 2 aromatic carbocycles. The molecule has 0 spiro atoms. The quantitative estimate of drug-likeness (QED) is 0.899. The van der Waals surface area contributed by atoms with Gasteiger partial charge in [-0.05, 0) is 11.6 Å². The van der Waals surface area contributed by atoms with Gasteiger partial charge in [-0.25, -0.2) is 8.60 Å². The predicted octanol–water partition coefficient (Wildman–Crippen LogP) is 2.47. The molecule has 1 aliphatic heterocycles. The minimum absolute atomic E-state index is 0.0536. The lowest BCUT2D eigenvalue weighted by Gasteiger charge is -2.10. The van der Waals surface area contributed by atoms with Crippen LogP contribution in [0.4, 0.5) is 4.39 Å². The molecule has 2 unspecified atom stereocenters. The Morgan fingerprint density at radius 2 is 1.79 bits per heavy atom. The molecule has 0 bridgehead atoms. The summed E-state index contributed by atoms with van der Waals surface area (Å²) in [4.78, 5) is 12.4. The van der Waals surface area contributed by atoms with Gasteiger partial charge in [-0.3, -0.25) is 4.79 Å². The lowest BCUT2D eigenvalue weighted by atomic mass is 10.1. The second-order valence-corrected chi connectivity index (χ2v) is 6.16. The summed E-state index contributed by atoms with van der Waals surface area (Å²) in [7, 11) is 0. The number of hydrogen-bond donors (Lipinski definition) is 1. The standard InChI is InChI=1S/C17H14FNO4S/c18-13-9-5-4-8-12(13)15-14(20)16(17(19)22-15)23-24(21)10-11-6-2-1-3-7-11/h1-9,15H,10,19H2. The van der Waals surface area contributed by atoms with E-state index in [9.17, 15) is 13.4 Å². The van der Waals surface area contributed by atoms with Gasteiger partial charge in [0.25, 0.3) is 0 Å². The number of ketones is 1. The molecule has 5 nitrogen and oxygen atoms in total. The molecule has 7 heteroatoms. The van der Waals surface area contributed by atoms with Crippen molar-refractivity contribution in [1.82, 2.24) is 0 Å². The van der Waals surface area contributed by atoms with Crippen molar-refractivity contribution in [3.63, 3.8) is 0 Å². The van der Waals surface area contributed by atoms with Gasteiger partial charge in [0.05, 0.1) is 5.75 Å². The number of Topliss-reactive ketones (excluding diaryl/α,β-unsaturated/α-hetero) is 1. The maximum absolute atomic E-state index is 13.8. The van der Waals surface area contributed by atoms with Gasteiger partial charge in [-0.2, -0.15) is 0 Å². The maximum atomic E-state index is 13.8. The molecule has 2 aromatic rings. The third-order valence-electron chi connectivity index (χ3n) is 3.42. The minimum atomic E-state index is -1.81. The largest absolute Gasteiger partial charge is 0.460 e. The number of carbonyl (C=O) groups is 1. The smallest absolute Gasteiger partial charge is 0.249 e. The average molecular weight is 347 g/mol. The Morgan fingerprint density at radius 1 is 1.12 bits per heavy atom. The van der Waals surface area contributed by atoms with Crippen LogP contribution < -0.4 is 5.73 Å². The van der Waals surface area contributed by atoms with E-state index in [4.69, 9.17) is 14.7 Å². The molecule has 0 aliphatic carbocycles. The van der Waals surface area contributed by atoms with Gasteiger partial charge in [-0.15, -0.1) is 0 Å². The van der Waals surface area contributed by atoms with Gasteiger partial charge in [-0.1, -0.05) is 48.5 Å². The summed E-state index contributed by atoms with van der Waals surface area (Å²) in [6.07, 6.45) is -1.23. The van der Waals surface area contributed by atoms with E-state index in [-0.39, 0.29) is 23.0 Å². The van der Waals surface area contributed by atoms with Crippen molar-refractivity contribution in [2.75, 3.05) is 0 Å². The van der Waals surface area contributed by atoms with Crippen LogP contribution in [0.15, 0.2) is 66.2 Å². The second-order valence-electron chi connectivity index (χ2n) is 5.09. The molecule has 1 heterocycles. The zero-order valence-corrected chi connectivity index (χ0v) is 13.3. The summed E-state index contributed by atoms with van der Waals surface area (Å²) in [6.45, 7) is 0. The summed E-state index contributed by atoms with van der Waals surface area (Å²) in [5, 5.41) is 0. The lowest BCUT2D eigenvalue weighted by Crippen LogP contribution is -2.14. The van der Waals surface area contributed by atoms with Crippen molar-refractivity contribution in [3.05, 3.63) is 83.2 Å². The van der Waals surface area contributed by atoms with Gasteiger partial charge in [0.1, 0.15) is 5.82 Å². The Balaban J connectivity index is 1.72. The molecule has 0 fully saturated rings. The zero-order valence-electron chi connectivity index (χ0n) is 12.5. The van der Waals surface area contributed by atoms with Crippen molar-refractivity contribution in [3.8, 4) is 0 Å². The fourth-order valence-corrected chi connectivity index (χ4v) is 3.16. The maximum Gasteiger partial charge on any atom is 0.249 e. The molecular weight excluding hydrogens is 333 g/mol. The van der Waals surface area contributed by atoms with Crippen LogP contribution in [-0.4, -0.2) is 9.99 Å². The van der Waals surface area contributed by atoms with Gasteiger partial charge in [0.2, 0.25) is 28.5 Å². The van der Waals surface area contributed by atoms with Crippen LogP contribution >= 0.6 is 0 Å². The van der Waals surface area contributed by atoms with Crippen molar-refractivity contribution in [2.24, 2.45) is 5.73 Å². The average Bonchev–Trinajstić information content (AvgIpc) is 2.84. The van der Waals surface area contributed by atoms with E-state index < -0.39 is 28.8 Å². The highest BCUT2D eigenvalue weighted by molar-refractivity contribution is 7.79. The number of nitrogens with two attached hydrogens (primary N) is 1. The van der Waals surface area contributed by atoms with Crippen LogP contribution in [0.25, 0.3) is 0 Å². The Kier molecular flexibility index (Phi) is 4.61. The van der Waals surface area contributed by atoms with Crippen LogP contribution in [0.2, 0.25) is 0 Å². The summed E-state index contributed by atoms with van der Waals surface area (Å²) in [5.41, 5.74) is 6.48. The van der Waals surface area contributed by atoms with E-state index in [0.717, 1.165) is 5.56 Å². The third kappa shape index (κ3) is 3.30. The molecule has 24 heavy (non-hydrogen) atoms. The van der Waals surface area contributed by atoms with E-state index >= 15 is 0 Å². The Hall–Kier alpha value is -2.67. The highest BCUT2D eigenvalue weighted by atomic mass is 32.2. The van der Waals surface area contributed by atoms with Gasteiger partial charge in [0, 0.05) is 5.56 Å². The van der Waals surface area contributed by atoms with Crippen LogP contribution in [0, 0.1) is 5.82 Å². The topological polar surface area (TPSA) is 78.6 Å². The molecule has 1 aliphatic rings. The molecule has 0 aromatic heterocycles. The summed E-state index contributed by atoms with van der Waals surface area (Å²) < 4.78 is 36.3. The van der Waals surface area contributed by atoms with Gasteiger partial charge in [0.15, 0.2) is 6.10 Å². The molecule has 0 radical (unpaired) electrons. The number of carbonyl (C=O) groups excluding carboxylic acids is 1. The van der Waals surface area contributed by atoms with E-state index in [1.165, 1.54) is 18.2 Å². The fourth-order valence-electron chi connectivity index (χ4n) is 2.28. The molecule has 3 rings (SSSR count). The number of rotatable bonds is 5. The lowest BCUT2D eigenvalue weighted by molar-refractivity contribution is -0.123. The summed E-state index contributed by atoms with van der Waals surface area (Å²) in [5.74, 6) is -1.78.